The Labute approximate surface area is 263 Å². The van der Waals surface area contributed by atoms with Gasteiger partial charge in [0.2, 0.25) is 11.8 Å². The molecule has 1 aromatic carbocycles. The van der Waals surface area contributed by atoms with Crippen molar-refractivity contribution >= 4 is 23.5 Å². The number of unbranched alkanes of at least 4 members (excludes halogenated alkanes) is 2. The molecule has 1 heterocycles. The van der Waals surface area contributed by atoms with Crippen molar-refractivity contribution in [1.82, 2.24) is 5.32 Å². The van der Waals surface area contributed by atoms with Crippen LogP contribution in [-0.4, -0.2) is 53.3 Å². The Morgan fingerprint density at radius 1 is 0.932 bits per heavy atom. The lowest BCUT2D eigenvalue weighted by Crippen LogP contribution is -2.43. The minimum Gasteiger partial charge on any atom is -0.507 e. The molecule has 2 rings (SSSR count). The number of carbonyl (C=O) groups excluding carboxylic acids is 2. The van der Waals surface area contributed by atoms with E-state index in [0.717, 1.165) is 51.4 Å². The van der Waals surface area contributed by atoms with Gasteiger partial charge < -0.3 is 25.2 Å². The van der Waals surface area contributed by atoms with Crippen molar-refractivity contribution in [2.75, 3.05) is 18.1 Å². The normalized spacial score (nSPS) is 17.0. The lowest BCUT2D eigenvalue weighted by molar-refractivity contribution is -0.129. The first-order valence-electron chi connectivity index (χ1n) is 15.9. The first-order valence-corrected chi connectivity index (χ1v) is 15.9. The molecule has 0 saturated carbocycles. The van der Waals surface area contributed by atoms with Crippen LogP contribution < -0.4 is 10.2 Å². The Morgan fingerprint density at radius 3 is 2.07 bits per heavy atom. The molecule has 1 aromatic rings. The van der Waals surface area contributed by atoms with Crippen LogP contribution >= 0.6 is 0 Å². The minimum absolute atomic E-state index is 0.123. The number of phenols is 1. The molecule has 2 unspecified atom stereocenters. The first-order chi connectivity index (χ1) is 21.3. The SMILES string of the molecule is CC.CC/C=C\C/C=C\C/C=C\C/C=C\C/C=C\CCCCOCC(=O)NC1CC(C)N(c2ccc(O)c(C(=O)O)c2)C1=O. The van der Waals surface area contributed by atoms with Gasteiger partial charge in [-0.2, -0.15) is 0 Å². The van der Waals surface area contributed by atoms with Gasteiger partial charge in [0.15, 0.2) is 0 Å². The molecule has 0 spiro atoms. The summed E-state index contributed by atoms with van der Waals surface area (Å²) in [6, 6.07) is 3.04. The molecule has 0 bridgehead atoms. The van der Waals surface area contributed by atoms with Crippen molar-refractivity contribution < 1.29 is 29.3 Å². The Hall–Kier alpha value is -3.91. The molecule has 3 N–H and O–H groups in total. The van der Waals surface area contributed by atoms with E-state index in [0.29, 0.717) is 18.7 Å². The quantitative estimate of drug-likeness (QED) is 0.110. The molecule has 1 fully saturated rings. The van der Waals surface area contributed by atoms with Crippen molar-refractivity contribution in [2.45, 2.75) is 97.6 Å². The Bertz CT molecular complexity index is 1150. The zero-order valence-electron chi connectivity index (χ0n) is 26.9. The standard InChI is InChI=1S/C34H46N2O6.C2H6/c1-3-4-5-6-7-8-9-10-11-12-13-14-15-16-17-18-19-20-23-42-26-32(38)35-30-24-27(2)36(33(30)39)28-21-22-31(37)29(25-28)34(40)41;1-2/h4-5,7-8,10-11,13-14,16-17,21-22,25,27,30,37H,3,6,9,12,15,18-20,23-24,26H2,1-2H3,(H,35,38)(H,40,41);1-2H3/b5-4-,8-7-,11-10-,14-13-,17-16-;. The van der Waals surface area contributed by atoms with E-state index in [2.05, 4.69) is 73.0 Å². The summed E-state index contributed by atoms with van der Waals surface area (Å²) in [6.45, 7) is 8.30. The van der Waals surface area contributed by atoms with Crippen molar-refractivity contribution in [3.05, 3.63) is 84.5 Å². The minimum atomic E-state index is -1.28. The van der Waals surface area contributed by atoms with Crippen LogP contribution in [0, 0.1) is 0 Å². The molecule has 0 radical (unpaired) electrons. The molecule has 8 nitrogen and oxygen atoms in total. The number of carbonyl (C=O) groups is 3. The number of nitrogens with zero attached hydrogens (tertiary/aromatic N) is 1. The van der Waals surface area contributed by atoms with Gasteiger partial charge in [-0.3, -0.25) is 9.59 Å². The largest absolute Gasteiger partial charge is 0.507 e. The Kier molecular flexibility index (Phi) is 20.4. The second-order valence-electron chi connectivity index (χ2n) is 10.2. The third-order valence-corrected chi connectivity index (χ3v) is 6.68. The van der Waals surface area contributed by atoms with Gasteiger partial charge in [0.05, 0.1) is 0 Å². The van der Waals surface area contributed by atoms with Crippen LogP contribution in [0.1, 0.15) is 95.8 Å². The lowest BCUT2D eigenvalue weighted by atomic mass is 10.1. The lowest BCUT2D eigenvalue weighted by Gasteiger charge is -2.22. The highest BCUT2D eigenvalue weighted by atomic mass is 16.5. The summed E-state index contributed by atoms with van der Waals surface area (Å²) in [4.78, 5) is 38.0. The van der Waals surface area contributed by atoms with Gasteiger partial charge in [-0.05, 0) is 82.9 Å². The second kappa shape index (κ2) is 23.5. The highest BCUT2D eigenvalue weighted by molar-refractivity contribution is 6.03. The summed E-state index contributed by atoms with van der Waals surface area (Å²) in [5, 5.41) is 21.7. The number of hydrogen-bond donors (Lipinski definition) is 3. The number of hydrogen-bond acceptors (Lipinski definition) is 5. The van der Waals surface area contributed by atoms with E-state index in [1.54, 1.807) is 0 Å². The van der Waals surface area contributed by atoms with Crippen LogP contribution in [0.4, 0.5) is 5.69 Å². The molecular weight excluding hydrogens is 556 g/mol. The number of carboxylic acids is 1. The molecule has 2 amide bonds. The molecule has 1 aliphatic rings. The van der Waals surface area contributed by atoms with Crippen LogP contribution in [0.25, 0.3) is 0 Å². The zero-order valence-corrected chi connectivity index (χ0v) is 26.9. The van der Waals surface area contributed by atoms with Crippen LogP contribution in [0.15, 0.2) is 79.0 Å². The summed E-state index contributed by atoms with van der Waals surface area (Å²) in [5.41, 5.74) is 0.0814. The topological polar surface area (TPSA) is 116 Å². The number of aromatic hydroxyl groups is 1. The van der Waals surface area contributed by atoms with Crippen molar-refractivity contribution in [2.24, 2.45) is 0 Å². The molecule has 242 valence electrons. The predicted molar refractivity (Wildman–Crippen MR) is 179 cm³/mol. The Morgan fingerprint density at radius 2 is 1.50 bits per heavy atom. The Balaban J connectivity index is 0.00000474. The van der Waals surface area contributed by atoms with E-state index in [4.69, 9.17) is 4.74 Å². The summed E-state index contributed by atoms with van der Waals surface area (Å²) >= 11 is 0. The maximum Gasteiger partial charge on any atom is 0.339 e. The molecule has 2 atom stereocenters. The number of aromatic carboxylic acids is 1. The third-order valence-electron chi connectivity index (χ3n) is 6.68. The van der Waals surface area contributed by atoms with Crippen LogP contribution in [0.5, 0.6) is 5.75 Å². The fraction of sp³-hybridized carbons (Fsp3) is 0.472. The van der Waals surface area contributed by atoms with Gasteiger partial charge in [-0.15, -0.1) is 0 Å². The number of anilines is 1. The molecule has 1 aliphatic heterocycles. The van der Waals surface area contributed by atoms with Crippen molar-refractivity contribution in [3.63, 3.8) is 0 Å². The molecule has 44 heavy (non-hydrogen) atoms. The van der Waals surface area contributed by atoms with Crippen molar-refractivity contribution in [3.8, 4) is 5.75 Å². The second-order valence-corrected chi connectivity index (χ2v) is 10.2. The fourth-order valence-electron chi connectivity index (χ4n) is 4.52. The highest BCUT2D eigenvalue weighted by Crippen LogP contribution is 2.30. The zero-order chi connectivity index (χ0) is 32.6. The van der Waals surface area contributed by atoms with E-state index in [1.807, 2.05) is 20.8 Å². The maximum absolute atomic E-state index is 12.9. The molecule has 1 saturated heterocycles. The van der Waals surface area contributed by atoms with E-state index < -0.39 is 12.0 Å². The monoisotopic (exact) mass is 608 g/mol. The first kappa shape index (κ1) is 38.1. The summed E-state index contributed by atoms with van der Waals surface area (Å²) in [5.74, 6) is -2.34. The molecule has 8 heteroatoms. The van der Waals surface area contributed by atoms with E-state index in [1.165, 1.54) is 23.1 Å². The fourth-order valence-corrected chi connectivity index (χ4v) is 4.52. The summed E-state index contributed by atoms with van der Waals surface area (Å²) in [6.07, 6.45) is 29.9. The molecule has 0 aromatic heterocycles. The number of rotatable bonds is 19. The van der Waals surface area contributed by atoms with Crippen molar-refractivity contribution in [1.29, 1.82) is 0 Å². The van der Waals surface area contributed by atoms with E-state index >= 15 is 0 Å². The van der Waals surface area contributed by atoms with Gasteiger partial charge in [0.1, 0.15) is 24.0 Å². The van der Waals surface area contributed by atoms with E-state index in [-0.39, 0.29) is 35.8 Å². The van der Waals surface area contributed by atoms with Crippen LogP contribution in [0.2, 0.25) is 0 Å². The van der Waals surface area contributed by atoms with Gasteiger partial charge in [-0.25, -0.2) is 4.79 Å². The maximum atomic E-state index is 12.9. The van der Waals surface area contributed by atoms with E-state index in [9.17, 15) is 24.6 Å². The number of carboxylic acid groups (broad SMARTS) is 1. The van der Waals surface area contributed by atoms with Gasteiger partial charge in [0.25, 0.3) is 0 Å². The summed E-state index contributed by atoms with van der Waals surface area (Å²) in [7, 11) is 0. The van der Waals surface area contributed by atoms with Crippen LogP contribution in [-0.2, 0) is 14.3 Å². The number of benzene rings is 1. The third kappa shape index (κ3) is 15.0. The van der Waals surface area contributed by atoms with Gasteiger partial charge in [-0.1, -0.05) is 81.5 Å². The number of amides is 2. The molecular formula is C36H52N2O6. The average Bonchev–Trinajstić information content (AvgIpc) is 3.29. The number of allylic oxidation sites excluding steroid dienone is 10. The summed E-state index contributed by atoms with van der Waals surface area (Å²) < 4.78 is 5.48. The highest BCUT2D eigenvalue weighted by Gasteiger charge is 2.39. The van der Waals surface area contributed by atoms with Crippen LogP contribution in [0.3, 0.4) is 0 Å². The van der Waals surface area contributed by atoms with Gasteiger partial charge in [0, 0.05) is 18.3 Å². The smallest absolute Gasteiger partial charge is 0.339 e. The van der Waals surface area contributed by atoms with Gasteiger partial charge >= 0.3 is 5.97 Å². The number of ether oxygens (including phenoxy) is 1. The predicted octanol–water partition coefficient (Wildman–Crippen LogP) is 7.66. The number of nitrogens with one attached hydrogen (secondary N) is 1. The average molecular weight is 609 g/mol. The molecule has 0 aliphatic carbocycles.